The molecule has 3 aromatic rings. The molecule has 0 spiro atoms. The minimum Gasteiger partial charge on any atom is -0.477 e. The number of hydrogen-bond acceptors (Lipinski definition) is 8. The number of nitrogens with zero attached hydrogens (tertiary/aromatic N) is 3. The van der Waals surface area contributed by atoms with Crippen molar-refractivity contribution in [2.75, 3.05) is 18.1 Å². The van der Waals surface area contributed by atoms with Gasteiger partial charge >= 0.3 is 5.97 Å². The predicted molar refractivity (Wildman–Crippen MR) is 116 cm³/mol. The van der Waals surface area contributed by atoms with Crippen LogP contribution in [0.2, 0.25) is 0 Å². The highest BCUT2D eigenvalue weighted by Crippen LogP contribution is 2.37. The SMILES string of the molecule is CSc1sc(C(=O)O)cc1S(=O)(=O)c1cnc(NCCCn2ccnc2)c(Br)c1. The lowest BCUT2D eigenvalue weighted by atomic mass is 10.4. The molecule has 0 aliphatic rings. The van der Waals surface area contributed by atoms with Crippen LogP contribution in [0.1, 0.15) is 16.1 Å². The zero-order valence-electron chi connectivity index (χ0n) is 15.2. The van der Waals surface area contributed by atoms with E-state index in [2.05, 4.69) is 31.2 Å². The summed E-state index contributed by atoms with van der Waals surface area (Å²) in [6.45, 7) is 1.46. The number of thiophene rings is 1. The van der Waals surface area contributed by atoms with Crippen LogP contribution in [0, 0.1) is 0 Å². The molecule has 0 saturated heterocycles. The van der Waals surface area contributed by atoms with Gasteiger partial charge in [-0.15, -0.1) is 23.1 Å². The molecule has 0 aliphatic heterocycles. The number of aromatic carboxylic acids is 1. The van der Waals surface area contributed by atoms with Crippen molar-refractivity contribution in [2.24, 2.45) is 0 Å². The average molecular weight is 517 g/mol. The first-order valence-corrected chi connectivity index (χ1v) is 12.7. The molecule has 2 N–H and O–H groups in total. The molecular weight excluding hydrogens is 500 g/mol. The maximum absolute atomic E-state index is 13.0. The summed E-state index contributed by atoms with van der Waals surface area (Å²) < 4.78 is 28.9. The van der Waals surface area contributed by atoms with Crippen LogP contribution >= 0.6 is 39.0 Å². The number of anilines is 1. The molecular formula is C17H17BrN4O4S3. The quantitative estimate of drug-likeness (QED) is 0.325. The largest absolute Gasteiger partial charge is 0.477 e. The summed E-state index contributed by atoms with van der Waals surface area (Å²) in [6.07, 6.45) is 9.18. The number of carbonyl (C=O) groups is 1. The third-order valence-corrected chi connectivity index (χ3v) is 8.79. The lowest BCUT2D eigenvalue weighted by molar-refractivity contribution is 0.0702. The van der Waals surface area contributed by atoms with Crippen LogP contribution in [0.25, 0.3) is 0 Å². The van der Waals surface area contributed by atoms with Gasteiger partial charge in [0.1, 0.15) is 10.7 Å². The van der Waals surface area contributed by atoms with Crippen LogP contribution in [0.4, 0.5) is 5.82 Å². The van der Waals surface area contributed by atoms with E-state index in [4.69, 9.17) is 0 Å². The van der Waals surface area contributed by atoms with E-state index >= 15 is 0 Å². The Morgan fingerprint density at radius 3 is 2.83 bits per heavy atom. The van der Waals surface area contributed by atoms with Crippen LogP contribution in [0.5, 0.6) is 0 Å². The van der Waals surface area contributed by atoms with Crippen molar-refractivity contribution in [1.82, 2.24) is 14.5 Å². The average Bonchev–Trinajstić information content (AvgIpc) is 3.36. The zero-order chi connectivity index (χ0) is 21.0. The van der Waals surface area contributed by atoms with Crippen LogP contribution < -0.4 is 5.32 Å². The van der Waals surface area contributed by atoms with E-state index < -0.39 is 15.8 Å². The van der Waals surface area contributed by atoms with Gasteiger partial charge in [-0.3, -0.25) is 0 Å². The molecule has 0 radical (unpaired) electrons. The number of hydrogen-bond donors (Lipinski definition) is 2. The molecule has 0 unspecified atom stereocenters. The molecule has 3 aromatic heterocycles. The molecule has 3 rings (SSSR count). The summed E-state index contributed by atoms with van der Waals surface area (Å²) >= 11 is 5.51. The number of aromatic nitrogens is 3. The molecule has 0 amide bonds. The normalized spacial score (nSPS) is 11.5. The van der Waals surface area contributed by atoms with Crippen molar-refractivity contribution >= 4 is 60.7 Å². The van der Waals surface area contributed by atoms with E-state index in [0.717, 1.165) is 24.3 Å². The van der Waals surface area contributed by atoms with Crippen molar-refractivity contribution in [1.29, 1.82) is 0 Å². The Kier molecular flexibility index (Phi) is 6.98. The van der Waals surface area contributed by atoms with Gasteiger partial charge in [0, 0.05) is 31.7 Å². The summed E-state index contributed by atoms with van der Waals surface area (Å²) in [4.78, 5) is 19.4. The molecule has 0 saturated carbocycles. The summed E-state index contributed by atoms with van der Waals surface area (Å²) in [5.41, 5.74) is 0. The first kappa shape index (κ1) is 21.8. The predicted octanol–water partition coefficient (Wildman–Crippen LogP) is 3.86. The number of rotatable bonds is 9. The van der Waals surface area contributed by atoms with Gasteiger partial charge in [-0.1, -0.05) is 0 Å². The molecule has 0 atom stereocenters. The summed E-state index contributed by atoms with van der Waals surface area (Å²) in [7, 11) is -3.89. The number of imidazole rings is 1. The van der Waals surface area contributed by atoms with Crippen LogP contribution in [0.15, 0.2) is 55.5 Å². The second-order valence-electron chi connectivity index (χ2n) is 5.86. The Balaban J connectivity index is 1.75. The Labute approximate surface area is 184 Å². The van der Waals surface area contributed by atoms with Gasteiger partial charge in [0.2, 0.25) is 9.84 Å². The number of aryl methyl sites for hydroxylation is 1. The second-order valence-corrected chi connectivity index (χ2v) is 10.8. The minimum atomic E-state index is -3.89. The number of thioether (sulfide) groups is 1. The van der Waals surface area contributed by atoms with E-state index in [0.29, 0.717) is 21.0 Å². The zero-order valence-corrected chi connectivity index (χ0v) is 19.2. The molecule has 3 heterocycles. The molecule has 0 aliphatic carbocycles. The van der Waals surface area contributed by atoms with E-state index in [1.54, 1.807) is 18.8 Å². The minimum absolute atomic E-state index is 0.00150. The number of pyridine rings is 1. The first-order valence-electron chi connectivity index (χ1n) is 8.34. The number of carboxylic acid groups (broad SMARTS) is 1. The highest BCUT2D eigenvalue weighted by molar-refractivity contribution is 9.10. The van der Waals surface area contributed by atoms with Gasteiger partial charge in [-0.2, -0.15) is 0 Å². The number of sulfone groups is 1. The molecule has 0 aromatic carbocycles. The summed E-state index contributed by atoms with van der Waals surface area (Å²) in [6, 6.07) is 2.67. The fourth-order valence-corrected chi connectivity index (χ4v) is 6.95. The van der Waals surface area contributed by atoms with Crippen molar-refractivity contribution < 1.29 is 18.3 Å². The Morgan fingerprint density at radius 2 is 2.21 bits per heavy atom. The van der Waals surface area contributed by atoms with Gasteiger partial charge in [0.15, 0.2) is 0 Å². The maximum atomic E-state index is 13.0. The molecule has 8 nitrogen and oxygen atoms in total. The third-order valence-electron chi connectivity index (χ3n) is 3.92. The standard InChI is InChI=1S/C17H17BrN4O4S3/c1-27-17-14(8-13(28-17)16(23)24)29(25,26)11-7-12(18)15(21-9-11)20-3-2-5-22-6-4-19-10-22/h4,6-10H,2-3,5H2,1H3,(H,20,21)(H,23,24). The van der Waals surface area contributed by atoms with Gasteiger partial charge in [-0.05, 0) is 40.7 Å². The maximum Gasteiger partial charge on any atom is 0.345 e. The molecule has 154 valence electrons. The van der Waals surface area contributed by atoms with Crippen molar-refractivity contribution in [3.05, 3.63) is 46.4 Å². The van der Waals surface area contributed by atoms with Crippen molar-refractivity contribution in [3.63, 3.8) is 0 Å². The number of carboxylic acids is 1. The van der Waals surface area contributed by atoms with Crippen LogP contribution in [0.3, 0.4) is 0 Å². The van der Waals surface area contributed by atoms with Gasteiger partial charge in [0.05, 0.1) is 24.8 Å². The van der Waals surface area contributed by atoms with Crippen molar-refractivity contribution in [3.8, 4) is 0 Å². The first-order chi connectivity index (χ1) is 13.8. The number of nitrogens with one attached hydrogen (secondary N) is 1. The molecule has 12 heteroatoms. The van der Waals surface area contributed by atoms with Gasteiger partial charge in [0.25, 0.3) is 0 Å². The Morgan fingerprint density at radius 1 is 1.41 bits per heavy atom. The third kappa shape index (κ3) is 5.00. The fraction of sp³-hybridized carbons (Fsp3) is 0.235. The van der Waals surface area contributed by atoms with E-state index in [1.165, 1.54) is 30.1 Å². The van der Waals surface area contributed by atoms with E-state index in [-0.39, 0.29) is 14.7 Å². The second kappa shape index (κ2) is 9.28. The molecule has 0 bridgehead atoms. The molecule has 29 heavy (non-hydrogen) atoms. The highest BCUT2D eigenvalue weighted by Gasteiger charge is 2.27. The smallest absolute Gasteiger partial charge is 0.345 e. The van der Waals surface area contributed by atoms with Crippen LogP contribution in [-0.2, 0) is 16.4 Å². The highest BCUT2D eigenvalue weighted by atomic mass is 79.9. The summed E-state index contributed by atoms with van der Waals surface area (Å²) in [5, 5.41) is 12.3. The number of halogens is 1. The van der Waals surface area contributed by atoms with E-state index in [9.17, 15) is 18.3 Å². The van der Waals surface area contributed by atoms with Crippen LogP contribution in [-0.4, -0.2) is 46.8 Å². The monoisotopic (exact) mass is 516 g/mol. The lowest BCUT2D eigenvalue weighted by Crippen LogP contribution is -2.09. The van der Waals surface area contributed by atoms with Gasteiger partial charge < -0.3 is 15.0 Å². The Hall–Kier alpha value is -1.89. The van der Waals surface area contributed by atoms with E-state index in [1.807, 2.05) is 10.8 Å². The van der Waals surface area contributed by atoms with Gasteiger partial charge in [-0.25, -0.2) is 23.2 Å². The fourth-order valence-electron chi connectivity index (χ4n) is 2.50. The topological polar surface area (TPSA) is 114 Å². The molecule has 0 fully saturated rings. The van der Waals surface area contributed by atoms with Crippen molar-refractivity contribution in [2.45, 2.75) is 27.0 Å². The Bertz CT molecular complexity index is 1110. The summed E-state index contributed by atoms with van der Waals surface area (Å²) in [5.74, 6) is -0.613. The lowest BCUT2D eigenvalue weighted by Gasteiger charge is -2.10.